The molecular weight excluding hydrogens is 220 g/mol. The summed E-state index contributed by atoms with van der Waals surface area (Å²) in [5, 5.41) is 0. The van der Waals surface area contributed by atoms with Crippen LogP contribution in [-0.2, 0) is 27.4 Å². The summed E-state index contributed by atoms with van der Waals surface area (Å²) in [6, 6.07) is 5.34. The highest BCUT2D eigenvalue weighted by atomic mass is 16.5. The molecule has 0 saturated carbocycles. The highest BCUT2D eigenvalue weighted by molar-refractivity contribution is 5.87. The van der Waals surface area contributed by atoms with Gasteiger partial charge in [0.1, 0.15) is 12.4 Å². The molecule has 0 spiro atoms. The van der Waals surface area contributed by atoms with Crippen LogP contribution in [0.5, 0.6) is 5.75 Å². The van der Waals surface area contributed by atoms with Gasteiger partial charge in [-0.15, -0.1) is 0 Å². The number of esters is 2. The highest BCUT2D eigenvalue weighted by Gasteiger charge is 2.20. The summed E-state index contributed by atoms with van der Waals surface area (Å²) in [6.07, 6.45) is 0.307. The van der Waals surface area contributed by atoms with Gasteiger partial charge in [0, 0.05) is 11.1 Å². The van der Waals surface area contributed by atoms with Crippen molar-refractivity contribution in [1.29, 1.82) is 0 Å². The third kappa shape index (κ3) is 2.53. The predicted molar refractivity (Wildman–Crippen MR) is 60.4 cm³/mol. The van der Waals surface area contributed by atoms with Crippen molar-refractivity contribution in [2.24, 2.45) is 0 Å². The van der Waals surface area contributed by atoms with Crippen molar-refractivity contribution in [3.8, 4) is 5.75 Å². The first kappa shape index (κ1) is 11.4. The highest BCUT2D eigenvalue weighted by Crippen LogP contribution is 2.27. The Bertz CT molecular complexity index is 502. The van der Waals surface area contributed by atoms with Crippen molar-refractivity contribution in [3.05, 3.63) is 41.5 Å². The molecule has 0 radical (unpaired) electrons. The summed E-state index contributed by atoms with van der Waals surface area (Å²) in [5.74, 6) is -0.127. The summed E-state index contributed by atoms with van der Waals surface area (Å²) in [5.41, 5.74) is 2.01. The fraction of sp³-hybridized carbons (Fsp3) is 0.231. The molecule has 4 heteroatoms. The van der Waals surface area contributed by atoms with E-state index in [1.807, 2.05) is 12.1 Å². The summed E-state index contributed by atoms with van der Waals surface area (Å²) in [4.78, 5) is 22.2. The number of hydrogen-bond acceptors (Lipinski definition) is 4. The third-order valence-electron chi connectivity index (χ3n) is 2.41. The summed E-state index contributed by atoms with van der Waals surface area (Å²) in [6.45, 7) is 5.23. The van der Waals surface area contributed by atoms with E-state index in [0.29, 0.717) is 17.7 Å². The molecule has 0 fully saturated rings. The average molecular weight is 232 g/mol. The zero-order valence-electron chi connectivity index (χ0n) is 9.49. The molecule has 1 aliphatic heterocycles. The lowest BCUT2D eigenvalue weighted by atomic mass is 10.1. The van der Waals surface area contributed by atoms with Crippen LogP contribution in [0, 0.1) is 0 Å². The van der Waals surface area contributed by atoms with Crippen molar-refractivity contribution in [3.63, 3.8) is 0 Å². The Morgan fingerprint density at radius 3 is 3.00 bits per heavy atom. The molecule has 4 nitrogen and oxygen atoms in total. The summed E-state index contributed by atoms with van der Waals surface area (Å²) >= 11 is 0. The molecule has 1 aromatic carbocycles. The van der Waals surface area contributed by atoms with Gasteiger partial charge in [-0.05, 0) is 18.6 Å². The standard InChI is InChI=1S/C13H12O4/c1-8(2)13(15)16-7-9-3-4-10-6-12(14)17-11(10)5-9/h3-5H,1,6-7H2,2H3. The Kier molecular flexibility index (Phi) is 2.95. The first-order chi connectivity index (χ1) is 8.06. The van der Waals surface area contributed by atoms with Crippen LogP contribution in [0.3, 0.4) is 0 Å². The Balaban J connectivity index is 2.04. The van der Waals surface area contributed by atoms with Crippen LogP contribution in [0.1, 0.15) is 18.1 Å². The number of fused-ring (bicyclic) bond motifs is 1. The van der Waals surface area contributed by atoms with Gasteiger partial charge in [0.2, 0.25) is 0 Å². The van der Waals surface area contributed by atoms with Gasteiger partial charge in [-0.25, -0.2) is 4.79 Å². The van der Waals surface area contributed by atoms with Crippen LogP contribution in [0.15, 0.2) is 30.4 Å². The minimum absolute atomic E-state index is 0.149. The molecule has 2 rings (SSSR count). The molecule has 0 N–H and O–H groups in total. The van der Waals surface area contributed by atoms with Crippen molar-refractivity contribution in [2.75, 3.05) is 0 Å². The summed E-state index contributed by atoms with van der Waals surface area (Å²) < 4.78 is 10.0. The van der Waals surface area contributed by atoms with Gasteiger partial charge in [0.15, 0.2) is 0 Å². The van der Waals surface area contributed by atoms with E-state index in [4.69, 9.17) is 9.47 Å². The monoisotopic (exact) mass is 232 g/mol. The van der Waals surface area contributed by atoms with E-state index < -0.39 is 5.97 Å². The van der Waals surface area contributed by atoms with E-state index in [-0.39, 0.29) is 12.6 Å². The zero-order valence-corrected chi connectivity index (χ0v) is 9.49. The van der Waals surface area contributed by atoms with Crippen LogP contribution < -0.4 is 4.74 Å². The van der Waals surface area contributed by atoms with E-state index >= 15 is 0 Å². The van der Waals surface area contributed by atoms with Gasteiger partial charge >= 0.3 is 11.9 Å². The van der Waals surface area contributed by atoms with E-state index in [2.05, 4.69) is 6.58 Å². The predicted octanol–water partition coefficient (Wildman–Crippen LogP) is 1.77. The number of carbonyl (C=O) groups excluding carboxylic acids is 2. The maximum absolute atomic E-state index is 11.2. The van der Waals surface area contributed by atoms with Gasteiger partial charge in [0.25, 0.3) is 0 Å². The van der Waals surface area contributed by atoms with Gasteiger partial charge in [-0.3, -0.25) is 4.79 Å². The lowest BCUT2D eigenvalue weighted by Crippen LogP contribution is -2.04. The van der Waals surface area contributed by atoms with Crippen LogP contribution in [0.25, 0.3) is 0 Å². The molecule has 88 valence electrons. The number of ether oxygens (including phenoxy) is 2. The fourth-order valence-electron chi connectivity index (χ4n) is 1.52. The van der Waals surface area contributed by atoms with E-state index in [1.54, 1.807) is 13.0 Å². The average Bonchev–Trinajstić information content (AvgIpc) is 2.64. The number of benzene rings is 1. The largest absolute Gasteiger partial charge is 0.457 e. The number of hydrogen-bond donors (Lipinski definition) is 0. The Labute approximate surface area is 98.8 Å². The van der Waals surface area contributed by atoms with Crippen molar-refractivity contribution < 1.29 is 19.1 Å². The molecule has 1 heterocycles. The van der Waals surface area contributed by atoms with E-state index in [1.165, 1.54) is 0 Å². The van der Waals surface area contributed by atoms with E-state index in [9.17, 15) is 9.59 Å². The smallest absolute Gasteiger partial charge is 0.333 e. The molecule has 0 amide bonds. The van der Waals surface area contributed by atoms with Gasteiger partial charge in [-0.1, -0.05) is 18.7 Å². The minimum atomic E-state index is -0.428. The van der Waals surface area contributed by atoms with Gasteiger partial charge in [-0.2, -0.15) is 0 Å². The quantitative estimate of drug-likeness (QED) is 0.452. The van der Waals surface area contributed by atoms with Crippen LogP contribution in [-0.4, -0.2) is 11.9 Å². The van der Waals surface area contributed by atoms with Gasteiger partial charge < -0.3 is 9.47 Å². The van der Waals surface area contributed by atoms with Crippen LogP contribution >= 0.6 is 0 Å². The second-order valence-electron chi connectivity index (χ2n) is 3.95. The second kappa shape index (κ2) is 4.41. The first-order valence-corrected chi connectivity index (χ1v) is 5.21. The number of rotatable bonds is 3. The van der Waals surface area contributed by atoms with Crippen molar-refractivity contribution in [1.82, 2.24) is 0 Å². The maximum atomic E-state index is 11.2. The molecule has 1 aromatic rings. The molecule has 0 bridgehead atoms. The second-order valence-corrected chi connectivity index (χ2v) is 3.95. The SMILES string of the molecule is C=C(C)C(=O)OCc1ccc2c(c1)OC(=O)C2. The Morgan fingerprint density at radius 2 is 2.29 bits per heavy atom. The molecule has 0 unspecified atom stereocenters. The van der Waals surface area contributed by atoms with Crippen molar-refractivity contribution >= 4 is 11.9 Å². The zero-order chi connectivity index (χ0) is 12.4. The molecule has 0 atom stereocenters. The fourth-order valence-corrected chi connectivity index (χ4v) is 1.52. The Hall–Kier alpha value is -2.10. The topological polar surface area (TPSA) is 52.6 Å². The minimum Gasteiger partial charge on any atom is -0.457 e. The molecular formula is C13H12O4. The van der Waals surface area contributed by atoms with E-state index in [0.717, 1.165) is 11.1 Å². The third-order valence-corrected chi connectivity index (χ3v) is 2.41. The maximum Gasteiger partial charge on any atom is 0.333 e. The van der Waals surface area contributed by atoms with Crippen LogP contribution in [0.2, 0.25) is 0 Å². The first-order valence-electron chi connectivity index (χ1n) is 5.21. The lowest BCUT2D eigenvalue weighted by molar-refractivity contribution is -0.140. The molecule has 1 aliphatic rings. The number of carbonyl (C=O) groups is 2. The lowest BCUT2D eigenvalue weighted by Gasteiger charge is -2.05. The van der Waals surface area contributed by atoms with Crippen LogP contribution in [0.4, 0.5) is 0 Å². The molecule has 0 saturated heterocycles. The van der Waals surface area contributed by atoms with Crippen molar-refractivity contribution in [2.45, 2.75) is 20.0 Å². The van der Waals surface area contributed by atoms with Gasteiger partial charge in [0.05, 0.1) is 6.42 Å². The molecule has 0 aromatic heterocycles. The molecule has 17 heavy (non-hydrogen) atoms. The molecule has 0 aliphatic carbocycles. The Morgan fingerprint density at radius 1 is 1.53 bits per heavy atom. The normalized spacial score (nSPS) is 12.9. The summed E-state index contributed by atoms with van der Waals surface area (Å²) in [7, 11) is 0.